The van der Waals surface area contributed by atoms with Crippen LogP contribution in [0.1, 0.15) is 12.5 Å². The standard InChI is InChI=1S/C9H11NO3.C4H9NO3/c10-8(9(12)13)5-6-1-3-7(11)4-2-6;1-2(6)3(5)4(7)8/h1-4,8,11H,5,10H2,(H,12,13);2-3,6H,5H2,1H3,(H,7,8). The van der Waals surface area contributed by atoms with Gasteiger partial charge in [-0.05, 0) is 31.0 Å². The largest absolute Gasteiger partial charge is 0.508 e. The van der Waals surface area contributed by atoms with Crippen molar-refractivity contribution in [3.8, 4) is 5.75 Å². The molecule has 0 heterocycles. The van der Waals surface area contributed by atoms with E-state index >= 15 is 0 Å². The van der Waals surface area contributed by atoms with Crippen LogP contribution in [0.2, 0.25) is 0 Å². The predicted molar refractivity (Wildman–Crippen MR) is 74.7 cm³/mol. The zero-order valence-electron chi connectivity index (χ0n) is 11.5. The molecule has 0 aliphatic carbocycles. The topological polar surface area (TPSA) is 167 Å². The van der Waals surface area contributed by atoms with Gasteiger partial charge in [-0.2, -0.15) is 0 Å². The Balaban J connectivity index is 0.000000433. The number of aliphatic hydroxyl groups excluding tert-OH is 1. The molecule has 0 fully saturated rings. The maximum absolute atomic E-state index is 10.4. The fourth-order valence-electron chi connectivity index (χ4n) is 1.18. The molecule has 8 nitrogen and oxygen atoms in total. The molecule has 118 valence electrons. The van der Waals surface area contributed by atoms with E-state index in [4.69, 9.17) is 31.9 Å². The minimum atomic E-state index is -1.18. The van der Waals surface area contributed by atoms with Gasteiger partial charge in [0.1, 0.15) is 17.8 Å². The average molecular weight is 300 g/mol. The number of rotatable bonds is 5. The summed E-state index contributed by atoms with van der Waals surface area (Å²) >= 11 is 0. The van der Waals surface area contributed by atoms with Crippen molar-refractivity contribution in [2.24, 2.45) is 11.5 Å². The Morgan fingerprint density at radius 3 is 1.86 bits per heavy atom. The number of aliphatic carboxylic acids is 2. The summed E-state index contributed by atoms with van der Waals surface area (Å²) in [6.07, 6.45) is -0.706. The van der Waals surface area contributed by atoms with E-state index in [0.717, 1.165) is 5.56 Å². The highest BCUT2D eigenvalue weighted by atomic mass is 16.4. The molecule has 0 aromatic heterocycles. The third-order valence-electron chi connectivity index (χ3n) is 2.51. The average Bonchev–Trinajstić information content (AvgIpc) is 2.40. The first-order valence-corrected chi connectivity index (χ1v) is 6.08. The van der Waals surface area contributed by atoms with Crippen LogP contribution in [0, 0.1) is 0 Å². The molecular formula is C13H20N2O6. The van der Waals surface area contributed by atoms with Gasteiger partial charge in [-0.1, -0.05) is 12.1 Å². The van der Waals surface area contributed by atoms with Crippen LogP contribution in [0.5, 0.6) is 5.75 Å². The Morgan fingerprint density at radius 1 is 1.10 bits per heavy atom. The molecule has 0 aliphatic heterocycles. The number of carbonyl (C=O) groups is 2. The van der Waals surface area contributed by atoms with E-state index in [1.807, 2.05) is 0 Å². The minimum Gasteiger partial charge on any atom is -0.508 e. The highest BCUT2D eigenvalue weighted by molar-refractivity contribution is 5.74. The number of hydrogen-bond donors (Lipinski definition) is 6. The Labute approximate surface area is 121 Å². The predicted octanol–water partition coefficient (Wildman–Crippen LogP) is -0.874. The normalized spacial score (nSPS) is 14.3. The van der Waals surface area contributed by atoms with Gasteiger partial charge in [-0.15, -0.1) is 0 Å². The maximum Gasteiger partial charge on any atom is 0.323 e. The molecule has 0 radical (unpaired) electrons. The van der Waals surface area contributed by atoms with E-state index in [0.29, 0.717) is 0 Å². The first-order chi connectivity index (χ1) is 9.65. The molecular weight excluding hydrogens is 280 g/mol. The monoisotopic (exact) mass is 300 g/mol. The third kappa shape index (κ3) is 7.88. The van der Waals surface area contributed by atoms with Gasteiger partial charge in [0.25, 0.3) is 0 Å². The molecule has 1 aromatic rings. The molecule has 1 aromatic carbocycles. The smallest absolute Gasteiger partial charge is 0.323 e. The van der Waals surface area contributed by atoms with E-state index in [9.17, 15) is 9.59 Å². The quantitative estimate of drug-likeness (QED) is 0.407. The molecule has 0 spiro atoms. The highest BCUT2D eigenvalue weighted by Crippen LogP contribution is 2.10. The summed E-state index contributed by atoms with van der Waals surface area (Å²) in [6, 6.07) is 4.27. The SMILES string of the molecule is CC(O)C(N)C(=O)O.NC(Cc1ccc(O)cc1)C(=O)O. The Kier molecular flexibility index (Phi) is 7.99. The number of aromatic hydroxyl groups is 1. The van der Waals surface area contributed by atoms with Crippen LogP contribution >= 0.6 is 0 Å². The van der Waals surface area contributed by atoms with Crippen molar-refractivity contribution in [1.82, 2.24) is 0 Å². The number of carboxylic acid groups (broad SMARTS) is 2. The van der Waals surface area contributed by atoms with E-state index in [2.05, 4.69) is 0 Å². The second kappa shape index (κ2) is 8.90. The van der Waals surface area contributed by atoms with Gasteiger partial charge in [0, 0.05) is 0 Å². The van der Waals surface area contributed by atoms with Crippen LogP contribution in [0.25, 0.3) is 0 Å². The van der Waals surface area contributed by atoms with Crippen LogP contribution < -0.4 is 11.5 Å². The highest BCUT2D eigenvalue weighted by Gasteiger charge is 2.16. The summed E-state index contributed by atoms with van der Waals surface area (Å²) in [7, 11) is 0. The number of nitrogens with two attached hydrogens (primary N) is 2. The lowest BCUT2D eigenvalue weighted by molar-refractivity contribution is -0.141. The van der Waals surface area contributed by atoms with Gasteiger partial charge in [-0.25, -0.2) is 0 Å². The van der Waals surface area contributed by atoms with Crippen LogP contribution in [-0.2, 0) is 16.0 Å². The number of hydrogen-bond acceptors (Lipinski definition) is 6. The van der Waals surface area contributed by atoms with Crippen LogP contribution in [0.4, 0.5) is 0 Å². The third-order valence-corrected chi connectivity index (χ3v) is 2.51. The second-order valence-corrected chi connectivity index (χ2v) is 4.42. The second-order valence-electron chi connectivity index (χ2n) is 4.42. The lowest BCUT2D eigenvalue weighted by Crippen LogP contribution is -2.39. The summed E-state index contributed by atoms with van der Waals surface area (Å²) in [4.78, 5) is 20.3. The molecule has 8 N–H and O–H groups in total. The van der Waals surface area contributed by atoms with Crippen molar-refractivity contribution in [3.05, 3.63) is 29.8 Å². The van der Waals surface area contributed by atoms with Gasteiger partial charge in [-0.3, -0.25) is 9.59 Å². The van der Waals surface area contributed by atoms with Gasteiger partial charge in [0.05, 0.1) is 6.10 Å². The summed E-state index contributed by atoms with van der Waals surface area (Å²) in [5, 5.41) is 34.0. The zero-order valence-corrected chi connectivity index (χ0v) is 11.5. The number of benzene rings is 1. The van der Waals surface area contributed by atoms with Crippen LogP contribution in [0.3, 0.4) is 0 Å². The fourth-order valence-corrected chi connectivity index (χ4v) is 1.18. The Morgan fingerprint density at radius 2 is 1.57 bits per heavy atom. The van der Waals surface area contributed by atoms with Crippen molar-refractivity contribution in [2.75, 3.05) is 0 Å². The van der Waals surface area contributed by atoms with Gasteiger partial charge >= 0.3 is 11.9 Å². The zero-order chi connectivity index (χ0) is 16.6. The number of carboxylic acids is 2. The van der Waals surface area contributed by atoms with Gasteiger partial charge < -0.3 is 31.9 Å². The van der Waals surface area contributed by atoms with Gasteiger partial charge in [0.2, 0.25) is 0 Å². The Bertz CT molecular complexity index is 460. The first-order valence-electron chi connectivity index (χ1n) is 6.08. The Hall–Kier alpha value is -2.16. The molecule has 0 amide bonds. The summed E-state index contributed by atoms with van der Waals surface area (Å²) in [5.41, 5.74) is 11.0. The fraction of sp³-hybridized carbons (Fsp3) is 0.385. The van der Waals surface area contributed by atoms with Crippen molar-refractivity contribution in [2.45, 2.75) is 31.5 Å². The molecule has 3 atom stereocenters. The molecule has 3 unspecified atom stereocenters. The van der Waals surface area contributed by atoms with E-state index in [1.54, 1.807) is 12.1 Å². The van der Waals surface area contributed by atoms with Crippen molar-refractivity contribution >= 4 is 11.9 Å². The van der Waals surface area contributed by atoms with E-state index in [1.165, 1.54) is 19.1 Å². The van der Waals surface area contributed by atoms with Gasteiger partial charge in [0.15, 0.2) is 0 Å². The molecule has 0 bridgehead atoms. The molecule has 21 heavy (non-hydrogen) atoms. The van der Waals surface area contributed by atoms with Crippen molar-refractivity contribution in [1.29, 1.82) is 0 Å². The van der Waals surface area contributed by atoms with Crippen LogP contribution in [-0.4, -0.2) is 50.6 Å². The molecule has 1 rings (SSSR count). The lowest BCUT2D eigenvalue weighted by atomic mass is 10.1. The summed E-state index contributed by atoms with van der Waals surface area (Å²) in [6.45, 7) is 1.33. The molecule has 0 aliphatic rings. The van der Waals surface area contributed by atoms with Crippen molar-refractivity contribution < 1.29 is 30.0 Å². The van der Waals surface area contributed by atoms with Crippen molar-refractivity contribution in [3.63, 3.8) is 0 Å². The van der Waals surface area contributed by atoms with E-state index in [-0.39, 0.29) is 12.2 Å². The first kappa shape index (κ1) is 18.8. The maximum atomic E-state index is 10.4. The molecule has 0 saturated heterocycles. The van der Waals surface area contributed by atoms with Crippen LogP contribution in [0.15, 0.2) is 24.3 Å². The number of aliphatic hydroxyl groups is 1. The molecule has 8 heteroatoms. The summed E-state index contributed by atoms with van der Waals surface area (Å²) < 4.78 is 0. The lowest BCUT2D eigenvalue weighted by Gasteiger charge is -2.06. The number of phenols is 1. The minimum absolute atomic E-state index is 0.160. The van der Waals surface area contributed by atoms with E-state index < -0.39 is 30.1 Å². The molecule has 0 saturated carbocycles. The summed E-state index contributed by atoms with van der Waals surface area (Å²) in [5.74, 6) is -2.04. The number of phenolic OH excluding ortho intramolecular Hbond substituents is 1.